The van der Waals surface area contributed by atoms with Crippen molar-refractivity contribution in [2.75, 3.05) is 7.11 Å². The van der Waals surface area contributed by atoms with Crippen LogP contribution in [-0.2, 0) is 13.1 Å². The molecule has 6 nitrogen and oxygen atoms in total. The van der Waals surface area contributed by atoms with Crippen molar-refractivity contribution in [2.45, 2.75) is 13.1 Å². The maximum Gasteiger partial charge on any atom is 0.251 e. The Morgan fingerprint density at radius 2 is 1.29 bits per heavy atom. The normalized spacial score (nSPS) is 10.4. The zero-order valence-electron chi connectivity index (χ0n) is 18.8. The molecule has 170 valence electrons. The SMILES string of the molecule is COc1cccc(CNC(=O)c2cccc(CNC(=O)c3ccc(-c4ccncc4)cc3)c2)c1. The van der Waals surface area contributed by atoms with Crippen molar-refractivity contribution < 1.29 is 14.3 Å². The van der Waals surface area contributed by atoms with E-state index in [0.717, 1.165) is 28.0 Å². The molecule has 0 atom stereocenters. The molecule has 0 aliphatic heterocycles. The summed E-state index contributed by atoms with van der Waals surface area (Å²) >= 11 is 0. The number of carbonyl (C=O) groups excluding carboxylic acids is 2. The molecule has 0 bridgehead atoms. The number of nitrogens with one attached hydrogen (secondary N) is 2. The first-order valence-electron chi connectivity index (χ1n) is 10.9. The van der Waals surface area contributed by atoms with Gasteiger partial charge in [-0.3, -0.25) is 14.6 Å². The van der Waals surface area contributed by atoms with Crippen molar-refractivity contribution in [1.82, 2.24) is 15.6 Å². The summed E-state index contributed by atoms with van der Waals surface area (Å²) in [7, 11) is 1.61. The fourth-order valence-corrected chi connectivity index (χ4v) is 3.53. The van der Waals surface area contributed by atoms with Crippen molar-refractivity contribution in [2.24, 2.45) is 0 Å². The lowest BCUT2D eigenvalue weighted by atomic mass is 10.0. The van der Waals surface area contributed by atoms with Crippen LogP contribution >= 0.6 is 0 Å². The molecule has 2 amide bonds. The number of ether oxygens (including phenoxy) is 1. The van der Waals surface area contributed by atoms with Gasteiger partial charge in [0.25, 0.3) is 11.8 Å². The molecule has 4 rings (SSSR count). The van der Waals surface area contributed by atoms with Gasteiger partial charge in [0.2, 0.25) is 0 Å². The summed E-state index contributed by atoms with van der Waals surface area (Å²) in [5.41, 5.74) is 4.97. The van der Waals surface area contributed by atoms with Crippen LogP contribution in [0.3, 0.4) is 0 Å². The van der Waals surface area contributed by atoms with Crippen molar-refractivity contribution in [3.05, 3.63) is 120 Å². The van der Waals surface area contributed by atoms with Gasteiger partial charge in [0, 0.05) is 36.6 Å². The number of carbonyl (C=O) groups is 2. The van der Waals surface area contributed by atoms with Crippen LogP contribution < -0.4 is 15.4 Å². The molecule has 0 fully saturated rings. The van der Waals surface area contributed by atoms with Gasteiger partial charge in [-0.2, -0.15) is 0 Å². The zero-order valence-corrected chi connectivity index (χ0v) is 18.8. The van der Waals surface area contributed by atoms with Crippen molar-refractivity contribution >= 4 is 11.8 Å². The Kier molecular flexibility index (Phi) is 7.30. The lowest BCUT2D eigenvalue weighted by molar-refractivity contribution is 0.0945. The largest absolute Gasteiger partial charge is 0.497 e. The highest BCUT2D eigenvalue weighted by atomic mass is 16.5. The summed E-state index contributed by atoms with van der Waals surface area (Å²) in [6.07, 6.45) is 3.48. The van der Waals surface area contributed by atoms with E-state index in [9.17, 15) is 9.59 Å². The number of hydrogen-bond donors (Lipinski definition) is 2. The van der Waals surface area contributed by atoms with E-state index >= 15 is 0 Å². The molecule has 6 heteroatoms. The first-order chi connectivity index (χ1) is 16.6. The van der Waals surface area contributed by atoms with Crippen molar-refractivity contribution in [3.63, 3.8) is 0 Å². The molecule has 0 unspecified atom stereocenters. The molecular weight excluding hydrogens is 426 g/mol. The third-order valence-corrected chi connectivity index (χ3v) is 5.39. The molecule has 0 saturated heterocycles. The first-order valence-corrected chi connectivity index (χ1v) is 10.9. The van der Waals surface area contributed by atoms with Gasteiger partial charge < -0.3 is 15.4 Å². The lowest BCUT2D eigenvalue weighted by Crippen LogP contribution is -2.24. The average Bonchev–Trinajstić information content (AvgIpc) is 2.91. The smallest absolute Gasteiger partial charge is 0.251 e. The molecule has 2 N–H and O–H groups in total. The number of aromatic nitrogens is 1. The van der Waals surface area contributed by atoms with Crippen LogP contribution in [0.15, 0.2) is 97.3 Å². The Hall–Kier alpha value is -4.45. The summed E-state index contributed by atoms with van der Waals surface area (Å²) in [5.74, 6) is 0.397. The average molecular weight is 452 g/mol. The van der Waals surface area contributed by atoms with Crippen LogP contribution in [0.5, 0.6) is 5.75 Å². The number of amides is 2. The van der Waals surface area contributed by atoms with E-state index in [1.807, 2.05) is 60.7 Å². The minimum Gasteiger partial charge on any atom is -0.497 e. The van der Waals surface area contributed by atoms with Gasteiger partial charge in [-0.1, -0.05) is 36.4 Å². The summed E-state index contributed by atoms with van der Waals surface area (Å²) in [5, 5.41) is 5.83. The van der Waals surface area contributed by atoms with Gasteiger partial charge in [-0.25, -0.2) is 0 Å². The van der Waals surface area contributed by atoms with Crippen LogP contribution in [0.1, 0.15) is 31.8 Å². The van der Waals surface area contributed by atoms with Gasteiger partial charge >= 0.3 is 0 Å². The van der Waals surface area contributed by atoms with Gasteiger partial charge in [0.15, 0.2) is 0 Å². The van der Waals surface area contributed by atoms with E-state index in [2.05, 4.69) is 15.6 Å². The van der Waals surface area contributed by atoms with Crippen LogP contribution in [0.4, 0.5) is 0 Å². The third kappa shape index (κ3) is 5.86. The number of benzene rings is 3. The van der Waals surface area contributed by atoms with Crippen molar-refractivity contribution in [3.8, 4) is 16.9 Å². The predicted octanol–water partition coefficient (Wildman–Crippen LogP) is 4.62. The Morgan fingerprint density at radius 3 is 1.97 bits per heavy atom. The molecule has 0 aliphatic carbocycles. The highest BCUT2D eigenvalue weighted by molar-refractivity contribution is 5.95. The van der Waals surface area contributed by atoms with Gasteiger partial charge in [0.1, 0.15) is 5.75 Å². The van der Waals surface area contributed by atoms with Crippen LogP contribution in [0.25, 0.3) is 11.1 Å². The summed E-state index contributed by atoms with van der Waals surface area (Å²) in [6, 6.07) is 26.1. The van der Waals surface area contributed by atoms with Gasteiger partial charge in [-0.15, -0.1) is 0 Å². The molecular formula is C28H25N3O3. The van der Waals surface area contributed by atoms with Gasteiger partial charge in [0.05, 0.1) is 7.11 Å². The fourth-order valence-electron chi connectivity index (χ4n) is 3.53. The highest BCUT2D eigenvalue weighted by Gasteiger charge is 2.09. The zero-order chi connectivity index (χ0) is 23.8. The molecule has 3 aromatic carbocycles. The topological polar surface area (TPSA) is 80.3 Å². The molecule has 34 heavy (non-hydrogen) atoms. The second kappa shape index (κ2) is 10.9. The van der Waals surface area contributed by atoms with Crippen LogP contribution in [0, 0.1) is 0 Å². The van der Waals surface area contributed by atoms with E-state index in [1.54, 1.807) is 43.8 Å². The fraction of sp³-hybridized carbons (Fsp3) is 0.107. The number of nitrogens with zero attached hydrogens (tertiary/aromatic N) is 1. The summed E-state index contributed by atoms with van der Waals surface area (Å²) in [4.78, 5) is 29.2. The second-order valence-corrected chi connectivity index (χ2v) is 7.73. The molecule has 4 aromatic rings. The standard InChI is InChI=1S/C28H25N3O3/c1-34-26-7-3-5-21(17-26)19-31-28(33)25-6-2-4-20(16-25)18-30-27(32)24-10-8-22(9-11-24)23-12-14-29-15-13-23/h2-17H,18-19H2,1H3,(H,30,32)(H,31,33). The Morgan fingerprint density at radius 1 is 0.706 bits per heavy atom. The maximum atomic E-state index is 12.6. The Labute approximate surface area is 198 Å². The minimum absolute atomic E-state index is 0.172. The summed E-state index contributed by atoms with van der Waals surface area (Å²) < 4.78 is 5.22. The molecule has 0 radical (unpaired) electrons. The predicted molar refractivity (Wildman–Crippen MR) is 131 cm³/mol. The lowest BCUT2D eigenvalue weighted by Gasteiger charge is -2.09. The Bertz CT molecular complexity index is 1270. The number of rotatable bonds is 8. The van der Waals surface area contributed by atoms with Crippen molar-refractivity contribution in [1.29, 1.82) is 0 Å². The quantitative estimate of drug-likeness (QED) is 0.410. The Balaban J connectivity index is 1.33. The maximum absolute atomic E-state index is 12.6. The van der Waals surface area contributed by atoms with E-state index in [1.165, 1.54) is 0 Å². The molecule has 0 aliphatic rings. The van der Waals surface area contributed by atoms with Gasteiger partial charge in [-0.05, 0) is 70.8 Å². The van der Waals surface area contributed by atoms with Crippen LogP contribution in [-0.4, -0.2) is 23.9 Å². The molecule has 0 spiro atoms. The third-order valence-electron chi connectivity index (χ3n) is 5.39. The highest BCUT2D eigenvalue weighted by Crippen LogP contribution is 2.19. The van der Waals surface area contributed by atoms with Crippen LogP contribution in [0.2, 0.25) is 0 Å². The molecule has 1 heterocycles. The second-order valence-electron chi connectivity index (χ2n) is 7.73. The monoisotopic (exact) mass is 451 g/mol. The minimum atomic E-state index is -0.178. The van der Waals surface area contributed by atoms with E-state index in [0.29, 0.717) is 24.2 Å². The van der Waals surface area contributed by atoms with E-state index < -0.39 is 0 Å². The van der Waals surface area contributed by atoms with E-state index in [-0.39, 0.29) is 11.8 Å². The summed E-state index contributed by atoms with van der Waals surface area (Å²) in [6.45, 7) is 0.717. The van der Waals surface area contributed by atoms with E-state index in [4.69, 9.17) is 4.74 Å². The molecule has 0 saturated carbocycles. The number of methoxy groups -OCH3 is 1. The molecule has 1 aromatic heterocycles. The number of hydrogen-bond acceptors (Lipinski definition) is 4. The first kappa shape index (κ1) is 22.7. The number of pyridine rings is 1.